The van der Waals surface area contributed by atoms with Crippen molar-refractivity contribution in [3.8, 4) is 0 Å². The second-order valence-electron chi connectivity index (χ2n) is 3.66. The van der Waals surface area contributed by atoms with Crippen molar-refractivity contribution in [1.82, 2.24) is 4.90 Å². The van der Waals surface area contributed by atoms with Gasteiger partial charge >= 0.3 is 0 Å². The number of piperidine rings is 1. The summed E-state index contributed by atoms with van der Waals surface area (Å²) in [6.07, 6.45) is 1.84. The van der Waals surface area contributed by atoms with E-state index in [9.17, 15) is 9.50 Å². The number of aliphatic hydroxyl groups is 1. The first-order chi connectivity index (χ1) is 5.31. The maximum atomic E-state index is 12.0. The predicted molar refractivity (Wildman–Crippen MR) is 47.3 cm³/mol. The first-order valence-corrected chi connectivity index (χ1v) is 4.29. The van der Waals surface area contributed by atoms with Crippen LogP contribution in [0, 0.1) is 5.92 Å². The fourth-order valence-electron chi connectivity index (χ4n) is 2.47. The first kappa shape index (κ1) is 10.2. The van der Waals surface area contributed by atoms with Crippen LogP contribution in [0.25, 0.3) is 0 Å². The van der Waals surface area contributed by atoms with Gasteiger partial charge in [0.2, 0.25) is 0 Å². The Morgan fingerprint density at radius 1 is 1.42 bits per heavy atom. The van der Waals surface area contributed by atoms with E-state index < -0.39 is 0 Å². The third-order valence-electron chi connectivity index (χ3n) is 2.93. The van der Waals surface area contributed by atoms with Crippen LogP contribution in [0.4, 0.5) is 4.39 Å². The predicted octanol–water partition coefficient (Wildman–Crippen LogP) is 0.833. The zero-order valence-corrected chi connectivity index (χ0v) is 7.76. The van der Waals surface area contributed by atoms with E-state index >= 15 is 0 Å². The van der Waals surface area contributed by atoms with E-state index in [-0.39, 0.29) is 31.2 Å². The molecule has 0 amide bonds. The Hall–Kier alpha value is 0.140. The highest BCUT2D eigenvalue weighted by Gasteiger charge is 2.43. The molecule has 2 fully saturated rings. The molecule has 2 bridgehead atoms. The largest absolute Gasteiger partial charge is 0.391 e. The number of fused-ring (bicyclic) bond motifs is 2. The van der Waals surface area contributed by atoms with Crippen molar-refractivity contribution < 1.29 is 9.50 Å². The average Bonchev–Trinajstić information content (AvgIpc) is 2.46. The topological polar surface area (TPSA) is 23.5 Å². The summed E-state index contributed by atoms with van der Waals surface area (Å²) >= 11 is 0. The molecule has 0 spiro atoms. The van der Waals surface area contributed by atoms with Crippen molar-refractivity contribution in [1.29, 1.82) is 0 Å². The molecule has 2 rings (SSSR count). The lowest BCUT2D eigenvalue weighted by Crippen LogP contribution is -2.41. The fourth-order valence-corrected chi connectivity index (χ4v) is 2.47. The van der Waals surface area contributed by atoms with Crippen molar-refractivity contribution in [3.63, 3.8) is 0 Å². The van der Waals surface area contributed by atoms with Gasteiger partial charge in [-0.2, -0.15) is 0 Å². The summed E-state index contributed by atoms with van der Waals surface area (Å²) in [6, 6.07) is 0.274. The van der Waals surface area contributed by atoms with E-state index in [2.05, 4.69) is 4.90 Å². The molecular formula is C8H15ClFNO. The Bertz CT molecular complexity index is 158. The average molecular weight is 196 g/mol. The Morgan fingerprint density at radius 3 is 2.67 bits per heavy atom. The number of likely N-dealkylation sites (tertiary alicyclic amines) is 1. The monoisotopic (exact) mass is 195 g/mol. The molecule has 1 saturated heterocycles. The summed E-state index contributed by atoms with van der Waals surface area (Å²) < 4.78 is 12.0. The van der Waals surface area contributed by atoms with Crippen LogP contribution in [-0.2, 0) is 0 Å². The van der Waals surface area contributed by atoms with Gasteiger partial charge < -0.3 is 5.11 Å². The molecule has 1 aliphatic heterocycles. The third kappa shape index (κ3) is 1.58. The Morgan fingerprint density at radius 2 is 2.17 bits per heavy atom. The van der Waals surface area contributed by atoms with Crippen molar-refractivity contribution >= 4 is 12.4 Å². The molecule has 1 aliphatic carbocycles. The second kappa shape index (κ2) is 3.90. The van der Waals surface area contributed by atoms with Crippen molar-refractivity contribution in [2.45, 2.75) is 25.0 Å². The molecule has 2 nitrogen and oxygen atoms in total. The Balaban J connectivity index is 0.000000720. The number of hydrogen-bond acceptors (Lipinski definition) is 2. The molecule has 4 heteroatoms. The first-order valence-electron chi connectivity index (χ1n) is 4.29. The normalized spacial score (nSPS) is 40.0. The van der Waals surface area contributed by atoms with Gasteiger partial charge in [-0.25, -0.2) is 4.39 Å². The summed E-state index contributed by atoms with van der Waals surface area (Å²) in [5.74, 6) is 0.640. The van der Waals surface area contributed by atoms with Crippen LogP contribution in [-0.4, -0.2) is 41.9 Å². The van der Waals surface area contributed by atoms with Crippen LogP contribution < -0.4 is 0 Å². The van der Waals surface area contributed by atoms with E-state index in [1.807, 2.05) is 0 Å². The molecule has 72 valence electrons. The maximum Gasteiger partial charge on any atom is 0.102 e. The molecule has 0 aromatic heterocycles. The fraction of sp³-hybridized carbons (Fsp3) is 1.00. The minimum atomic E-state index is -0.282. The zero-order valence-electron chi connectivity index (χ0n) is 6.95. The van der Waals surface area contributed by atoms with Crippen LogP contribution in [0.1, 0.15) is 12.8 Å². The highest BCUT2D eigenvalue weighted by atomic mass is 35.5. The van der Waals surface area contributed by atoms with Gasteiger partial charge in [0.15, 0.2) is 0 Å². The van der Waals surface area contributed by atoms with Gasteiger partial charge in [0.25, 0.3) is 0 Å². The van der Waals surface area contributed by atoms with Gasteiger partial charge in [0.1, 0.15) is 6.67 Å². The van der Waals surface area contributed by atoms with Crippen LogP contribution in [0.5, 0.6) is 0 Å². The van der Waals surface area contributed by atoms with Crippen LogP contribution >= 0.6 is 12.4 Å². The lowest BCUT2D eigenvalue weighted by molar-refractivity contribution is 0.0540. The van der Waals surface area contributed by atoms with Crippen LogP contribution in [0.3, 0.4) is 0 Å². The SMILES string of the molecule is Cl.O[C@@H]1C[C@@H]2C[C@H]1N(CCF)C2. The molecule has 1 N–H and O–H groups in total. The highest BCUT2D eigenvalue weighted by molar-refractivity contribution is 5.85. The second-order valence-corrected chi connectivity index (χ2v) is 3.66. The smallest absolute Gasteiger partial charge is 0.102 e. The standard InChI is InChI=1S/C8H14FNO.ClH/c9-1-2-10-5-6-3-7(10)8(11)4-6;/h6-8,11H,1-5H2;1H/t6-,7+,8+;/m0./s1. The quantitative estimate of drug-likeness (QED) is 0.706. The Kier molecular flexibility index (Phi) is 3.32. The number of aliphatic hydroxyl groups excluding tert-OH is 1. The highest BCUT2D eigenvalue weighted by Crippen LogP contribution is 2.37. The number of nitrogens with zero attached hydrogens (tertiary/aromatic N) is 1. The number of hydrogen-bond donors (Lipinski definition) is 1. The zero-order chi connectivity index (χ0) is 7.84. The minimum absolute atomic E-state index is 0. The van der Waals surface area contributed by atoms with Gasteiger partial charge in [-0.05, 0) is 18.8 Å². The summed E-state index contributed by atoms with van der Waals surface area (Å²) in [5, 5.41) is 9.45. The number of rotatable bonds is 2. The van der Waals surface area contributed by atoms with Crippen molar-refractivity contribution in [2.75, 3.05) is 19.8 Å². The molecule has 0 aromatic rings. The summed E-state index contributed by atoms with van der Waals surface area (Å²) in [6.45, 7) is 1.24. The number of alkyl halides is 1. The van der Waals surface area contributed by atoms with Gasteiger partial charge in [-0.15, -0.1) is 12.4 Å². The summed E-state index contributed by atoms with van der Waals surface area (Å²) in [4.78, 5) is 2.08. The maximum absolute atomic E-state index is 12.0. The summed E-state index contributed by atoms with van der Waals surface area (Å²) in [7, 11) is 0. The molecule has 1 saturated carbocycles. The molecule has 0 unspecified atom stereocenters. The van der Waals surface area contributed by atoms with E-state index in [1.165, 1.54) is 0 Å². The van der Waals surface area contributed by atoms with Crippen molar-refractivity contribution in [2.24, 2.45) is 5.92 Å². The lowest BCUT2D eigenvalue weighted by atomic mass is 10.1. The van der Waals surface area contributed by atoms with E-state index in [1.54, 1.807) is 0 Å². The molecular weight excluding hydrogens is 181 g/mol. The van der Waals surface area contributed by atoms with E-state index in [0.29, 0.717) is 12.5 Å². The summed E-state index contributed by atoms with van der Waals surface area (Å²) in [5.41, 5.74) is 0. The molecule has 0 aromatic carbocycles. The van der Waals surface area contributed by atoms with E-state index in [0.717, 1.165) is 19.4 Å². The molecule has 0 radical (unpaired) electrons. The molecule has 2 aliphatic rings. The lowest BCUT2D eigenvalue weighted by Gasteiger charge is -2.29. The van der Waals surface area contributed by atoms with E-state index in [4.69, 9.17) is 0 Å². The minimum Gasteiger partial charge on any atom is -0.391 e. The van der Waals surface area contributed by atoms with Gasteiger partial charge in [0, 0.05) is 19.1 Å². The van der Waals surface area contributed by atoms with Crippen LogP contribution in [0.15, 0.2) is 0 Å². The molecule has 1 heterocycles. The van der Waals surface area contributed by atoms with Gasteiger partial charge in [0.05, 0.1) is 6.10 Å². The Labute approximate surface area is 78.2 Å². The molecule has 12 heavy (non-hydrogen) atoms. The van der Waals surface area contributed by atoms with Crippen LogP contribution in [0.2, 0.25) is 0 Å². The molecule has 3 atom stereocenters. The number of halogens is 2. The third-order valence-corrected chi connectivity index (χ3v) is 2.93. The van der Waals surface area contributed by atoms with Gasteiger partial charge in [-0.1, -0.05) is 0 Å². The van der Waals surface area contributed by atoms with Gasteiger partial charge in [-0.3, -0.25) is 4.90 Å². The van der Waals surface area contributed by atoms with Crippen molar-refractivity contribution in [3.05, 3.63) is 0 Å².